The van der Waals surface area contributed by atoms with E-state index in [0.717, 1.165) is 38.6 Å². The number of rotatable bonds is 2. The molecule has 7 heteroatoms. The fourth-order valence-corrected chi connectivity index (χ4v) is 5.04. The number of para-hydroxylation sites is 1. The van der Waals surface area contributed by atoms with Gasteiger partial charge in [-0.1, -0.05) is 39.7 Å². The summed E-state index contributed by atoms with van der Waals surface area (Å²) in [5.41, 5.74) is 3.26. The molecule has 0 N–H and O–H groups in total. The van der Waals surface area contributed by atoms with E-state index in [-0.39, 0.29) is 0 Å². The van der Waals surface area contributed by atoms with E-state index < -0.39 is 0 Å². The van der Waals surface area contributed by atoms with Crippen LogP contribution >= 0.6 is 38.9 Å². The topological polar surface area (TPSA) is 39.9 Å². The highest BCUT2D eigenvalue weighted by Crippen LogP contribution is 2.44. The second-order valence-corrected chi connectivity index (χ2v) is 8.55. The van der Waals surface area contributed by atoms with Crippen LogP contribution < -0.4 is 4.74 Å². The molecule has 3 heterocycles. The monoisotopic (exact) mass is 457 g/mol. The SMILES string of the molecule is Clc1ccccc1-n1cnnc1-c1cc2c(s1)-c1ccc(Br)cc1OCC2. The first-order chi connectivity index (χ1) is 13.2. The number of nitrogens with zero attached hydrogens (tertiary/aromatic N) is 3. The molecule has 2 aromatic carbocycles. The van der Waals surface area contributed by atoms with Crippen molar-refractivity contribution >= 4 is 38.9 Å². The Bertz CT molecular complexity index is 1150. The van der Waals surface area contributed by atoms with E-state index in [1.165, 1.54) is 10.4 Å². The Labute approximate surface area is 173 Å². The van der Waals surface area contributed by atoms with Crippen molar-refractivity contribution in [1.29, 1.82) is 0 Å². The van der Waals surface area contributed by atoms with Gasteiger partial charge in [0.15, 0.2) is 5.82 Å². The molecule has 1 aliphatic rings. The van der Waals surface area contributed by atoms with Gasteiger partial charge in [0.1, 0.15) is 12.1 Å². The number of hydrogen-bond donors (Lipinski definition) is 0. The number of halogens is 2. The third-order valence-corrected chi connectivity index (χ3v) is 6.53. The highest BCUT2D eigenvalue weighted by molar-refractivity contribution is 9.10. The van der Waals surface area contributed by atoms with E-state index in [2.05, 4.69) is 38.3 Å². The van der Waals surface area contributed by atoms with Crippen molar-refractivity contribution in [2.75, 3.05) is 6.61 Å². The fourth-order valence-electron chi connectivity index (χ4n) is 3.25. The van der Waals surface area contributed by atoms with Crippen molar-refractivity contribution in [3.8, 4) is 32.6 Å². The van der Waals surface area contributed by atoms with Crippen LogP contribution in [-0.2, 0) is 6.42 Å². The van der Waals surface area contributed by atoms with E-state index in [4.69, 9.17) is 16.3 Å². The van der Waals surface area contributed by atoms with Gasteiger partial charge in [-0.2, -0.15) is 0 Å². The second-order valence-electron chi connectivity index (χ2n) is 6.18. The Morgan fingerprint density at radius 2 is 2.04 bits per heavy atom. The van der Waals surface area contributed by atoms with Crippen LogP contribution in [0.25, 0.3) is 26.8 Å². The predicted octanol–water partition coefficient (Wildman–Crippen LogP) is 6.01. The minimum atomic E-state index is 0.657. The van der Waals surface area contributed by atoms with Crippen LogP contribution in [0, 0.1) is 0 Å². The standard InChI is InChI=1S/C20H13BrClN3OS/c21-13-5-6-14-17(10-13)26-8-7-12-9-18(27-19(12)14)20-24-23-11-25(20)16-4-2-1-3-15(16)22/h1-6,9-11H,7-8H2. The lowest BCUT2D eigenvalue weighted by Gasteiger charge is -2.08. The molecule has 4 aromatic rings. The molecule has 0 aliphatic carbocycles. The van der Waals surface area contributed by atoms with Gasteiger partial charge in [0.2, 0.25) is 0 Å². The van der Waals surface area contributed by atoms with Crippen LogP contribution in [0.2, 0.25) is 5.02 Å². The Kier molecular flexibility index (Phi) is 4.27. The lowest BCUT2D eigenvalue weighted by molar-refractivity contribution is 0.326. The fraction of sp³-hybridized carbons (Fsp3) is 0.100. The molecule has 4 nitrogen and oxygen atoms in total. The van der Waals surface area contributed by atoms with Crippen molar-refractivity contribution in [3.63, 3.8) is 0 Å². The summed E-state index contributed by atoms with van der Waals surface area (Å²) in [5.74, 6) is 1.70. The zero-order chi connectivity index (χ0) is 18.4. The maximum absolute atomic E-state index is 6.39. The Morgan fingerprint density at radius 1 is 1.15 bits per heavy atom. The summed E-state index contributed by atoms with van der Waals surface area (Å²) in [4.78, 5) is 2.28. The Morgan fingerprint density at radius 3 is 2.93 bits per heavy atom. The highest BCUT2D eigenvalue weighted by atomic mass is 79.9. The Hall–Kier alpha value is -2.15. The quantitative estimate of drug-likeness (QED) is 0.369. The molecule has 0 saturated heterocycles. The molecule has 0 fully saturated rings. The summed E-state index contributed by atoms with van der Waals surface area (Å²) in [7, 11) is 0. The van der Waals surface area contributed by atoms with Crippen LogP contribution in [0.15, 0.2) is 59.3 Å². The number of aromatic nitrogens is 3. The molecule has 0 bridgehead atoms. The van der Waals surface area contributed by atoms with Crippen LogP contribution in [0.1, 0.15) is 5.56 Å². The van der Waals surface area contributed by atoms with Crippen molar-refractivity contribution < 1.29 is 4.74 Å². The molecule has 2 aromatic heterocycles. The zero-order valence-electron chi connectivity index (χ0n) is 14.0. The van der Waals surface area contributed by atoms with Gasteiger partial charge in [-0.25, -0.2) is 0 Å². The van der Waals surface area contributed by atoms with Crippen LogP contribution in [-0.4, -0.2) is 21.4 Å². The largest absolute Gasteiger partial charge is 0.493 e. The molecule has 0 amide bonds. The molecule has 134 valence electrons. The van der Waals surface area contributed by atoms with E-state index >= 15 is 0 Å². The molecule has 5 rings (SSSR count). The molecule has 0 radical (unpaired) electrons. The number of fused-ring (bicyclic) bond motifs is 3. The molecular formula is C20H13BrClN3OS. The first-order valence-electron chi connectivity index (χ1n) is 8.41. The number of thiophene rings is 1. The minimum Gasteiger partial charge on any atom is -0.493 e. The van der Waals surface area contributed by atoms with Gasteiger partial charge in [0.25, 0.3) is 0 Å². The summed E-state index contributed by atoms with van der Waals surface area (Å²) in [6, 6.07) is 16.1. The summed E-state index contributed by atoms with van der Waals surface area (Å²) in [6.07, 6.45) is 2.56. The van der Waals surface area contributed by atoms with Crippen LogP contribution in [0.5, 0.6) is 5.75 Å². The molecule has 1 aliphatic heterocycles. The van der Waals surface area contributed by atoms with Crippen LogP contribution in [0.4, 0.5) is 0 Å². The lowest BCUT2D eigenvalue weighted by atomic mass is 10.1. The van der Waals surface area contributed by atoms with Crippen molar-refractivity contribution in [2.24, 2.45) is 0 Å². The van der Waals surface area contributed by atoms with Crippen molar-refractivity contribution in [1.82, 2.24) is 14.8 Å². The van der Waals surface area contributed by atoms with E-state index in [0.29, 0.717) is 11.6 Å². The Balaban J connectivity index is 1.65. The first kappa shape index (κ1) is 17.0. The van der Waals surface area contributed by atoms with Gasteiger partial charge in [0.05, 0.1) is 22.2 Å². The van der Waals surface area contributed by atoms with Gasteiger partial charge in [0, 0.05) is 21.3 Å². The summed E-state index contributed by atoms with van der Waals surface area (Å²) < 4.78 is 8.89. The zero-order valence-corrected chi connectivity index (χ0v) is 17.2. The molecule has 0 atom stereocenters. The maximum Gasteiger partial charge on any atom is 0.178 e. The van der Waals surface area contributed by atoms with Crippen molar-refractivity contribution in [3.05, 3.63) is 69.9 Å². The second kappa shape index (κ2) is 6.78. The lowest BCUT2D eigenvalue weighted by Crippen LogP contribution is -1.98. The smallest absolute Gasteiger partial charge is 0.178 e. The van der Waals surface area contributed by atoms with Gasteiger partial charge >= 0.3 is 0 Å². The number of ether oxygens (including phenoxy) is 1. The molecular weight excluding hydrogens is 446 g/mol. The van der Waals surface area contributed by atoms with Gasteiger partial charge in [-0.15, -0.1) is 21.5 Å². The third kappa shape index (κ3) is 2.98. The van der Waals surface area contributed by atoms with Gasteiger partial charge in [-0.3, -0.25) is 4.57 Å². The van der Waals surface area contributed by atoms with Gasteiger partial charge in [-0.05, 0) is 42.0 Å². The molecule has 0 saturated carbocycles. The van der Waals surface area contributed by atoms with E-state index in [1.807, 2.05) is 41.0 Å². The molecule has 0 unspecified atom stereocenters. The average molecular weight is 459 g/mol. The van der Waals surface area contributed by atoms with Crippen molar-refractivity contribution in [2.45, 2.75) is 6.42 Å². The van der Waals surface area contributed by atoms with Crippen LogP contribution in [0.3, 0.4) is 0 Å². The summed E-state index contributed by atoms with van der Waals surface area (Å²) in [5, 5.41) is 9.16. The molecule has 27 heavy (non-hydrogen) atoms. The minimum absolute atomic E-state index is 0.657. The summed E-state index contributed by atoms with van der Waals surface area (Å²) in [6.45, 7) is 0.657. The number of benzene rings is 2. The number of hydrogen-bond acceptors (Lipinski definition) is 4. The normalized spacial score (nSPS) is 12.8. The third-order valence-electron chi connectivity index (χ3n) is 4.51. The van der Waals surface area contributed by atoms with E-state index in [1.54, 1.807) is 17.7 Å². The molecule has 0 spiro atoms. The average Bonchev–Trinajstić information content (AvgIpc) is 3.26. The summed E-state index contributed by atoms with van der Waals surface area (Å²) >= 11 is 11.6. The predicted molar refractivity (Wildman–Crippen MR) is 112 cm³/mol. The first-order valence-corrected chi connectivity index (χ1v) is 10.4. The maximum atomic E-state index is 6.39. The van der Waals surface area contributed by atoms with Gasteiger partial charge < -0.3 is 4.74 Å². The van der Waals surface area contributed by atoms with E-state index in [9.17, 15) is 0 Å². The highest BCUT2D eigenvalue weighted by Gasteiger charge is 2.22.